The Kier molecular flexibility index (Phi) is 7.13. The van der Waals surface area contributed by atoms with Gasteiger partial charge < -0.3 is 9.30 Å². The molecule has 12 heteroatoms. The number of halogens is 5. The fourth-order valence-corrected chi connectivity index (χ4v) is 5.05. The first-order valence-electron chi connectivity index (χ1n) is 11.6. The fraction of sp³-hybridized carbons (Fsp3) is 0.185. The summed E-state index contributed by atoms with van der Waals surface area (Å²) in [5.74, 6) is -0.212. The largest absolute Gasteiger partial charge is 0.487 e. The van der Waals surface area contributed by atoms with Crippen LogP contribution in [0.1, 0.15) is 28.1 Å². The standard InChI is InChI=1S/C27H19ClF4N4O2S/c1-14-9-17(24-25(28)39-13-34-24)16-5-3-7-22(23(16)35-14)38-12-18-15(2)20(29)10-33-21(18)11-36-8-4-6-19(26(36)37)27(30,31)32/h3-10,13H,11-12H2,1-2H3. The highest BCUT2D eigenvalue weighted by Crippen LogP contribution is 2.37. The molecule has 200 valence electrons. The van der Waals surface area contributed by atoms with Crippen molar-refractivity contribution in [1.82, 2.24) is 19.5 Å². The zero-order chi connectivity index (χ0) is 27.9. The third-order valence-corrected chi connectivity index (χ3v) is 7.28. The Bertz CT molecular complexity index is 1770. The molecule has 4 aromatic heterocycles. The molecule has 1 aromatic carbocycles. The van der Waals surface area contributed by atoms with Crippen LogP contribution in [0.5, 0.6) is 5.75 Å². The highest BCUT2D eigenvalue weighted by Gasteiger charge is 2.34. The molecule has 0 aliphatic carbocycles. The van der Waals surface area contributed by atoms with Gasteiger partial charge in [0.2, 0.25) is 0 Å². The van der Waals surface area contributed by atoms with Crippen molar-refractivity contribution in [2.45, 2.75) is 33.2 Å². The highest BCUT2D eigenvalue weighted by atomic mass is 35.5. The lowest BCUT2D eigenvalue weighted by Crippen LogP contribution is -2.29. The predicted octanol–water partition coefficient (Wildman–Crippen LogP) is 6.97. The fourth-order valence-electron chi connectivity index (χ4n) is 4.26. The number of alkyl halides is 3. The Hall–Kier alpha value is -3.83. The molecule has 0 bridgehead atoms. The molecule has 0 radical (unpaired) electrons. The SMILES string of the molecule is Cc1cc(-c2ncsc2Cl)c2cccc(OCc3c(Cn4cccc(C(F)(F)F)c4=O)ncc(F)c3C)c2n1. The number of ether oxygens (including phenoxy) is 1. The van der Waals surface area contributed by atoms with Gasteiger partial charge in [-0.25, -0.2) is 14.4 Å². The van der Waals surface area contributed by atoms with E-state index in [0.29, 0.717) is 32.6 Å². The molecule has 0 aliphatic rings. The average molecular weight is 575 g/mol. The summed E-state index contributed by atoms with van der Waals surface area (Å²) in [6.07, 6.45) is -2.61. The van der Waals surface area contributed by atoms with E-state index in [9.17, 15) is 22.4 Å². The molecule has 0 unspecified atom stereocenters. The minimum absolute atomic E-state index is 0.166. The lowest BCUT2D eigenvalue weighted by molar-refractivity contribution is -0.138. The number of rotatable bonds is 6. The number of benzene rings is 1. The summed E-state index contributed by atoms with van der Waals surface area (Å²) >= 11 is 7.65. The number of para-hydroxylation sites is 1. The Morgan fingerprint density at radius 2 is 1.92 bits per heavy atom. The van der Waals surface area contributed by atoms with Crippen LogP contribution in [0.25, 0.3) is 22.2 Å². The molecule has 6 nitrogen and oxygen atoms in total. The van der Waals surface area contributed by atoms with E-state index >= 15 is 0 Å². The zero-order valence-corrected chi connectivity index (χ0v) is 22.1. The topological polar surface area (TPSA) is 69.9 Å². The summed E-state index contributed by atoms with van der Waals surface area (Å²) in [6.45, 7) is 2.87. The van der Waals surface area contributed by atoms with Crippen LogP contribution in [0.15, 0.2) is 59.1 Å². The lowest BCUT2D eigenvalue weighted by Gasteiger charge is -2.16. The minimum atomic E-state index is -4.81. The number of hydrogen-bond acceptors (Lipinski definition) is 6. The summed E-state index contributed by atoms with van der Waals surface area (Å²) < 4.78 is 61.8. The average Bonchev–Trinajstić information content (AvgIpc) is 3.31. The van der Waals surface area contributed by atoms with Crippen LogP contribution in [0, 0.1) is 19.7 Å². The normalized spacial score (nSPS) is 11.8. The van der Waals surface area contributed by atoms with Crippen molar-refractivity contribution in [1.29, 1.82) is 0 Å². The van der Waals surface area contributed by atoms with Gasteiger partial charge in [-0.15, -0.1) is 11.3 Å². The molecule has 0 spiro atoms. The van der Waals surface area contributed by atoms with Gasteiger partial charge in [0.1, 0.15) is 39.3 Å². The van der Waals surface area contributed by atoms with Crippen LogP contribution >= 0.6 is 22.9 Å². The van der Waals surface area contributed by atoms with E-state index in [-0.39, 0.29) is 24.4 Å². The van der Waals surface area contributed by atoms with Crippen molar-refractivity contribution in [2.24, 2.45) is 0 Å². The highest BCUT2D eigenvalue weighted by molar-refractivity contribution is 7.14. The minimum Gasteiger partial charge on any atom is -0.487 e. The molecular weight excluding hydrogens is 556 g/mol. The molecular formula is C27H19ClF4N4O2S. The molecule has 0 saturated carbocycles. The summed E-state index contributed by atoms with van der Waals surface area (Å²) in [4.78, 5) is 25.6. The van der Waals surface area contributed by atoms with Crippen molar-refractivity contribution >= 4 is 33.8 Å². The Labute approximate surface area is 228 Å². The number of nitrogens with zero attached hydrogens (tertiary/aromatic N) is 4. The number of thiazole rings is 1. The number of hydrogen-bond donors (Lipinski definition) is 0. The second-order valence-corrected chi connectivity index (χ2v) is 10.2. The van der Waals surface area contributed by atoms with Crippen molar-refractivity contribution in [3.8, 4) is 17.0 Å². The quantitative estimate of drug-likeness (QED) is 0.205. The lowest BCUT2D eigenvalue weighted by atomic mass is 10.0. The first-order chi connectivity index (χ1) is 18.5. The summed E-state index contributed by atoms with van der Waals surface area (Å²) in [6, 6.07) is 9.07. The van der Waals surface area contributed by atoms with Crippen LogP contribution in [0.2, 0.25) is 4.34 Å². The van der Waals surface area contributed by atoms with E-state index in [1.54, 1.807) is 17.6 Å². The smallest absolute Gasteiger partial charge is 0.421 e. The first kappa shape index (κ1) is 26.8. The van der Waals surface area contributed by atoms with Crippen molar-refractivity contribution in [2.75, 3.05) is 0 Å². The summed E-state index contributed by atoms with van der Waals surface area (Å²) in [5.41, 5.74) is 2.49. The molecule has 0 atom stereocenters. The van der Waals surface area contributed by atoms with E-state index in [2.05, 4.69) is 15.0 Å². The molecule has 5 rings (SSSR count). The van der Waals surface area contributed by atoms with Crippen molar-refractivity contribution < 1.29 is 22.3 Å². The second kappa shape index (κ2) is 10.4. The molecule has 0 amide bonds. The van der Waals surface area contributed by atoms with Gasteiger partial charge in [0.15, 0.2) is 0 Å². The molecule has 39 heavy (non-hydrogen) atoms. The van der Waals surface area contributed by atoms with Crippen LogP contribution in [0.3, 0.4) is 0 Å². The van der Waals surface area contributed by atoms with E-state index in [0.717, 1.165) is 33.8 Å². The van der Waals surface area contributed by atoms with Crippen LogP contribution in [-0.4, -0.2) is 19.5 Å². The molecule has 0 fully saturated rings. The molecule has 4 heterocycles. The summed E-state index contributed by atoms with van der Waals surface area (Å²) in [7, 11) is 0. The van der Waals surface area contributed by atoms with Gasteiger partial charge in [0.05, 0.1) is 23.9 Å². The van der Waals surface area contributed by atoms with Gasteiger partial charge in [-0.05, 0) is 43.7 Å². The van der Waals surface area contributed by atoms with Crippen molar-refractivity contribution in [3.63, 3.8) is 0 Å². The van der Waals surface area contributed by atoms with Gasteiger partial charge in [-0.3, -0.25) is 9.78 Å². The summed E-state index contributed by atoms with van der Waals surface area (Å²) in [5, 5.41) is 0.746. The third-order valence-electron chi connectivity index (χ3n) is 6.22. The maximum atomic E-state index is 14.5. The third kappa shape index (κ3) is 5.24. The Morgan fingerprint density at radius 3 is 2.64 bits per heavy atom. The van der Waals surface area contributed by atoms with Crippen LogP contribution in [-0.2, 0) is 19.3 Å². The molecule has 0 saturated heterocycles. The molecule has 5 aromatic rings. The number of pyridine rings is 3. The van der Waals surface area contributed by atoms with E-state index in [4.69, 9.17) is 16.3 Å². The van der Waals surface area contributed by atoms with E-state index < -0.39 is 23.1 Å². The van der Waals surface area contributed by atoms with Crippen LogP contribution in [0.4, 0.5) is 17.6 Å². The monoisotopic (exact) mass is 574 g/mol. The maximum Gasteiger partial charge on any atom is 0.421 e. The number of fused-ring (bicyclic) bond motifs is 1. The van der Waals surface area contributed by atoms with Gasteiger partial charge in [0, 0.05) is 28.4 Å². The Balaban J connectivity index is 1.52. The van der Waals surface area contributed by atoms with Gasteiger partial charge in [-0.2, -0.15) is 13.2 Å². The Morgan fingerprint density at radius 1 is 1.13 bits per heavy atom. The zero-order valence-electron chi connectivity index (χ0n) is 20.5. The van der Waals surface area contributed by atoms with Crippen molar-refractivity contribution in [3.05, 3.63) is 103 Å². The van der Waals surface area contributed by atoms with E-state index in [1.165, 1.54) is 24.5 Å². The van der Waals surface area contributed by atoms with E-state index in [1.807, 2.05) is 19.1 Å². The first-order valence-corrected chi connectivity index (χ1v) is 12.8. The maximum absolute atomic E-state index is 14.5. The number of aryl methyl sites for hydroxylation is 1. The predicted molar refractivity (Wildman–Crippen MR) is 141 cm³/mol. The van der Waals surface area contributed by atoms with Crippen LogP contribution < -0.4 is 10.3 Å². The molecule has 0 N–H and O–H groups in total. The molecule has 0 aliphatic heterocycles. The van der Waals surface area contributed by atoms with Gasteiger partial charge >= 0.3 is 6.18 Å². The van der Waals surface area contributed by atoms with Gasteiger partial charge in [0.25, 0.3) is 5.56 Å². The second-order valence-electron chi connectivity index (χ2n) is 8.74. The number of aromatic nitrogens is 4. The van der Waals surface area contributed by atoms with Gasteiger partial charge in [-0.1, -0.05) is 23.7 Å².